The molecule has 2 heterocycles. The average molecular weight is 513 g/mol. The van der Waals surface area contributed by atoms with Gasteiger partial charge in [0, 0.05) is 18.3 Å². The number of carbonyl (C=O) groups excluding carboxylic acids is 2. The SMILES string of the molecule is Bc1cc(C(=O)NC)c(F)c(B)c1N1C(=S)N(c2cc(C(F)(F)F)c(C#N)nc2B)C(=O)C12CCC2. The van der Waals surface area contributed by atoms with Crippen molar-refractivity contribution in [3.63, 3.8) is 0 Å². The van der Waals surface area contributed by atoms with E-state index in [1.54, 1.807) is 7.85 Å². The molecular formula is C21H18B3F4N5O2S. The van der Waals surface area contributed by atoms with Gasteiger partial charge in [-0.2, -0.15) is 18.4 Å². The van der Waals surface area contributed by atoms with E-state index in [2.05, 4.69) is 10.3 Å². The van der Waals surface area contributed by atoms with E-state index in [9.17, 15) is 22.8 Å². The zero-order valence-corrected chi connectivity index (χ0v) is 20.6. The fraction of sp³-hybridized carbons (Fsp3) is 0.286. The minimum Gasteiger partial charge on any atom is -0.355 e. The number of anilines is 2. The second kappa shape index (κ2) is 8.62. The molecule has 1 N–H and O–H groups in total. The Morgan fingerprint density at radius 3 is 2.42 bits per heavy atom. The number of rotatable bonds is 3. The van der Waals surface area contributed by atoms with Gasteiger partial charge in [-0.25, -0.2) is 4.39 Å². The van der Waals surface area contributed by atoms with Crippen LogP contribution in [0.5, 0.6) is 0 Å². The number of nitrogens with zero attached hydrogens (tertiary/aromatic N) is 4. The van der Waals surface area contributed by atoms with Crippen LogP contribution >= 0.6 is 12.2 Å². The van der Waals surface area contributed by atoms with Crippen molar-refractivity contribution in [3.05, 3.63) is 34.8 Å². The van der Waals surface area contributed by atoms with Crippen LogP contribution in [0, 0.1) is 17.1 Å². The largest absolute Gasteiger partial charge is 0.419 e. The summed E-state index contributed by atoms with van der Waals surface area (Å²) < 4.78 is 56.3. The Morgan fingerprint density at radius 2 is 1.92 bits per heavy atom. The van der Waals surface area contributed by atoms with Gasteiger partial charge in [0.25, 0.3) is 11.8 Å². The minimum atomic E-state index is -4.88. The van der Waals surface area contributed by atoms with E-state index in [1.165, 1.54) is 39.8 Å². The molecule has 1 aromatic heterocycles. The topological polar surface area (TPSA) is 89.3 Å². The third kappa shape index (κ3) is 3.58. The second-order valence-corrected chi connectivity index (χ2v) is 9.22. The molecule has 2 aromatic rings. The monoisotopic (exact) mass is 513 g/mol. The van der Waals surface area contributed by atoms with Crippen molar-refractivity contribution in [2.75, 3.05) is 16.8 Å². The van der Waals surface area contributed by atoms with Gasteiger partial charge >= 0.3 is 6.18 Å². The molecule has 1 aliphatic carbocycles. The van der Waals surface area contributed by atoms with Crippen LogP contribution in [-0.4, -0.2) is 58.0 Å². The van der Waals surface area contributed by atoms with Crippen LogP contribution in [0.15, 0.2) is 12.1 Å². The molecule has 2 aliphatic rings. The maximum Gasteiger partial charge on any atom is 0.419 e. The lowest BCUT2D eigenvalue weighted by Gasteiger charge is -2.44. The number of amides is 2. The number of nitriles is 1. The van der Waals surface area contributed by atoms with Gasteiger partial charge in [-0.1, -0.05) is 11.5 Å². The highest BCUT2D eigenvalue weighted by Gasteiger charge is 2.60. The average Bonchev–Trinajstić information content (AvgIpc) is 3.01. The van der Waals surface area contributed by atoms with Crippen molar-refractivity contribution >= 4 is 80.6 Å². The fourth-order valence-corrected chi connectivity index (χ4v) is 5.31. The smallest absolute Gasteiger partial charge is 0.355 e. The second-order valence-electron chi connectivity index (χ2n) is 8.85. The Hall–Kier alpha value is -3.40. The number of carbonyl (C=O) groups is 2. The summed E-state index contributed by atoms with van der Waals surface area (Å²) >= 11 is 5.63. The minimum absolute atomic E-state index is 0.0150. The van der Waals surface area contributed by atoms with Crippen LogP contribution in [0.1, 0.15) is 40.9 Å². The number of halogens is 4. The van der Waals surface area contributed by atoms with Gasteiger partial charge in [0.2, 0.25) is 0 Å². The van der Waals surface area contributed by atoms with E-state index in [0.29, 0.717) is 30.8 Å². The molecule has 15 heteroatoms. The van der Waals surface area contributed by atoms with E-state index >= 15 is 4.39 Å². The summed E-state index contributed by atoms with van der Waals surface area (Å²) in [4.78, 5) is 32.2. The van der Waals surface area contributed by atoms with Crippen molar-refractivity contribution in [1.29, 1.82) is 5.26 Å². The first kappa shape index (κ1) is 25.7. The molecule has 2 fully saturated rings. The van der Waals surface area contributed by atoms with Crippen LogP contribution in [0.3, 0.4) is 0 Å². The zero-order valence-electron chi connectivity index (χ0n) is 19.8. The first-order chi connectivity index (χ1) is 16.8. The third-order valence-electron chi connectivity index (χ3n) is 6.78. The van der Waals surface area contributed by atoms with Crippen molar-refractivity contribution in [1.82, 2.24) is 10.3 Å². The molecule has 1 saturated carbocycles. The molecule has 1 saturated heterocycles. The standard InChI is InChI=1S/C21H18B3F4N5O2S/c1-30-17(34)8-5-10(22)15(13(23)14(8)25)33-19(36)32(18(35)20(33)3-2-4-20)12-6-9(21(26,27)28)11(7-29)31-16(12)24/h5-6H,2-4,22-24H2,1H3,(H,30,34). The summed E-state index contributed by atoms with van der Waals surface area (Å²) in [5.41, 5.74) is -2.80. The van der Waals surface area contributed by atoms with Gasteiger partial charge in [0.1, 0.15) is 33.1 Å². The highest BCUT2D eigenvalue weighted by atomic mass is 32.1. The molecule has 0 bridgehead atoms. The number of thiocarbonyl (C=S) groups is 1. The number of alkyl halides is 3. The van der Waals surface area contributed by atoms with E-state index < -0.39 is 40.6 Å². The van der Waals surface area contributed by atoms with Gasteiger partial charge in [0.05, 0.1) is 16.8 Å². The maximum absolute atomic E-state index is 15.3. The van der Waals surface area contributed by atoms with Crippen molar-refractivity contribution < 1.29 is 27.2 Å². The zero-order chi connectivity index (χ0) is 26.7. The van der Waals surface area contributed by atoms with Gasteiger partial charge < -0.3 is 10.2 Å². The summed E-state index contributed by atoms with van der Waals surface area (Å²) in [6, 6.07) is 3.50. The molecule has 1 aliphatic heterocycles. The number of benzene rings is 1. The van der Waals surface area contributed by atoms with Gasteiger partial charge in [-0.15, -0.1) is 0 Å². The fourth-order valence-electron chi connectivity index (χ4n) is 4.86. The van der Waals surface area contributed by atoms with Gasteiger partial charge in [-0.05, 0) is 43.0 Å². The summed E-state index contributed by atoms with van der Waals surface area (Å²) in [7, 11) is 5.87. The van der Waals surface area contributed by atoms with Crippen LogP contribution in [0.2, 0.25) is 0 Å². The molecule has 0 radical (unpaired) electrons. The molecule has 7 nitrogen and oxygen atoms in total. The van der Waals surface area contributed by atoms with Crippen LogP contribution in [0.25, 0.3) is 0 Å². The molecule has 0 atom stereocenters. The van der Waals surface area contributed by atoms with Gasteiger partial charge in [-0.3, -0.25) is 19.5 Å². The Balaban J connectivity index is 1.92. The highest BCUT2D eigenvalue weighted by molar-refractivity contribution is 7.81. The normalized spacial score (nSPS) is 16.8. The highest BCUT2D eigenvalue weighted by Crippen LogP contribution is 2.47. The van der Waals surface area contributed by atoms with E-state index in [1.807, 2.05) is 0 Å². The first-order valence-corrected chi connectivity index (χ1v) is 11.4. The van der Waals surface area contributed by atoms with Crippen LogP contribution in [-0.2, 0) is 11.0 Å². The number of aromatic nitrogens is 1. The number of hydrogen-bond acceptors (Lipinski definition) is 5. The quantitative estimate of drug-likeness (QED) is 0.300. The predicted molar refractivity (Wildman–Crippen MR) is 137 cm³/mol. The molecular weight excluding hydrogens is 495 g/mol. The summed E-state index contributed by atoms with van der Waals surface area (Å²) in [5.74, 6) is -1.95. The lowest BCUT2D eigenvalue weighted by Crippen LogP contribution is -2.57. The number of nitrogens with one attached hydrogen (secondary N) is 1. The van der Waals surface area contributed by atoms with E-state index in [0.717, 1.165) is 4.90 Å². The van der Waals surface area contributed by atoms with Crippen molar-refractivity contribution in [2.45, 2.75) is 31.0 Å². The molecule has 0 unspecified atom stereocenters. The number of pyridine rings is 1. The van der Waals surface area contributed by atoms with E-state index in [4.69, 9.17) is 17.5 Å². The van der Waals surface area contributed by atoms with Crippen LogP contribution in [0.4, 0.5) is 28.9 Å². The predicted octanol–water partition coefficient (Wildman–Crippen LogP) is -1.69. The summed E-state index contributed by atoms with van der Waals surface area (Å²) in [6.07, 6.45) is -3.51. The Labute approximate surface area is 212 Å². The Bertz CT molecular complexity index is 1390. The summed E-state index contributed by atoms with van der Waals surface area (Å²) in [6.45, 7) is 0. The maximum atomic E-state index is 15.3. The lowest BCUT2D eigenvalue weighted by atomic mass is 9.73. The third-order valence-corrected chi connectivity index (χ3v) is 7.15. The van der Waals surface area contributed by atoms with Crippen LogP contribution < -0.4 is 31.6 Å². The van der Waals surface area contributed by atoms with Crippen molar-refractivity contribution in [3.8, 4) is 6.07 Å². The summed E-state index contributed by atoms with van der Waals surface area (Å²) in [5, 5.41) is 11.4. The molecule has 36 heavy (non-hydrogen) atoms. The molecule has 4 rings (SSSR count). The Kier molecular flexibility index (Phi) is 6.15. The number of hydrogen-bond donors (Lipinski definition) is 1. The van der Waals surface area contributed by atoms with Gasteiger partial charge in [0.15, 0.2) is 18.7 Å². The molecule has 182 valence electrons. The van der Waals surface area contributed by atoms with E-state index in [-0.39, 0.29) is 33.1 Å². The van der Waals surface area contributed by atoms with Crippen molar-refractivity contribution in [2.24, 2.45) is 0 Å². The molecule has 2 amide bonds. The Morgan fingerprint density at radius 1 is 1.28 bits per heavy atom. The molecule has 1 spiro atoms. The molecule has 1 aromatic carbocycles. The first-order valence-electron chi connectivity index (χ1n) is 11.0. The lowest BCUT2D eigenvalue weighted by molar-refractivity contribution is -0.138.